The van der Waals surface area contributed by atoms with E-state index < -0.39 is 5.54 Å². The van der Waals surface area contributed by atoms with Crippen molar-refractivity contribution in [3.05, 3.63) is 17.5 Å². The summed E-state index contributed by atoms with van der Waals surface area (Å²) in [7, 11) is 0. The first-order valence-electron chi connectivity index (χ1n) is 4.85. The summed E-state index contributed by atoms with van der Waals surface area (Å²) in [6, 6.07) is 0. The number of fused-ring (bicyclic) bond motifs is 1. The van der Waals surface area contributed by atoms with Crippen LogP contribution in [0.15, 0.2) is 10.7 Å². The van der Waals surface area contributed by atoms with Crippen LogP contribution in [0.25, 0.3) is 0 Å². The lowest BCUT2D eigenvalue weighted by atomic mass is 9.63. The highest BCUT2D eigenvalue weighted by Gasteiger charge is 2.48. The summed E-state index contributed by atoms with van der Waals surface area (Å²) >= 11 is 0. The van der Waals surface area contributed by atoms with Gasteiger partial charge >= 0.3 is 0 Å². The van der Waals surface area contributed by atoms with Gasteiger partial charge < -0.3 is 15.4 Å². The Kier molecular flexibility index (Phi) is 1.94. The van der Waals surface area contributed by atoms with E-state index in [9.17, 15) is 5.11 Å². The second kappa shape index (κ2) is 2.81. The first-order valence-corrected chi connectivity index (χ1v) is 4.85. The third-order valence-corrected chi connectivity index (χ3v) is 3.56. The molecule has 0 aliphatic heterocycles. The van der Waals surface area contributed by atoms with Crippen molar-refractivity contribution in [1.82, 2.24) is 5.16 Å². The minimum absolute atomic E-state index is 0.0752. The molecule has 1 unspecified atom stereocenters. The summed E-state index contributed by atoms with van der Waals surface area (Å²) in [6.45, 7) is 4.06. The van der Waals surface area contributed by atoms with Crippen molar-refractivity contribution in [2.45, 2.75) is 32.2 Å². The Bertz CT molecular complexity index is 346. The lowest BCUT2D eigenvalue weighted by molar-refractivity contribution is 0.0591. The highest BCUT2D eigenvalue weighted by molar-refractivity contribution is 5.30. The number of hydrogen-bond donors (Lipinski definition) is 2. The minimum Gasteiger partial charge on any atom is -0.394 e. The Morgan fingerprint density at radius 3 is 3.00 bits per heavy atom. The van der Waals surface area contributed by atoms with Crippen LogP contribution in [-0.2, 0) is 12.0 Å². The van der Waals surface area contributed by atoms with Gasteiger partial charge in [0, 0.05) is 12.0 Å². The molecule has 0 radical (unpaired) electrons. The maximum atomic E-state index is 9.46. The summed E-state index contributed by atoms with van der Waals surface area (Å²) < 4.78 is 5.11. The van der Waals surface area contributed by atoms with Gasteiger partial charge in [-0.1, -0.05) is 19.0 Å². The van der Waals surface area contributed by atoms with Crippen molar-refractivity contribution < 1.29 is 9.63 Å². The van der Waals surface area contributed by atoms with E-state index in [-0.39, 0.29) is 12.0 Å². The zero-order valence-corrected chi connectivity index (χ0v) is 8.58. The van der Waals surface area contributed by atoms with E-state index in [1.807, 2.05) is 0 Å². The number of hydrogen-bond acceptors (Lipinski definition) is 4. The van der Waals surface area contributed by atoms with Gasteiger partial charge in [0.25, 0.3) is 0 Å². The van der Waals surface area contributed by atoms with Gasteiger partial charge in [0.2, 0.25) is 0 Å². The molecule has 2 rings (SSSR count). The molecule has 0 saturated heterocycles. The topological polar surface area (TPSA) is 72.3 Å². The SMILES string of the molecule is CC1(C)CCc2oncc2C1(N)CO. The van der Waals surface area contributed by atoms with Gasteiger partial charge in [0.05, 0.1) is 18.3 Å². The fourth-order valence-electron chi connectivity index (χ4n) is 2.12. The molecule has 0 amide bonds. The zero-order chi connectivity index (χ0) is 10.4. The fraction of sp³-hybridized carbons (Fsp3) is 0.700. The van der Waals surface area contributed by atoms with Gasteiger partial charge in [0.15, 0.2) is 0 Å². The number of nitrogens with two attached hydrogens (primary N) is 1. The van der Waals surface area contributed by atoms with Crippen LogP contribution in [0.4, 0.5) is 0 Å². The number of aliphatic hydroxyl groups is 1. The van der Waals surface area contributed by atoms with Crippen LogP contribution >= 0.6 is 0 Å². The number of rotatable bonds is 1. The van der Waals surface area contributed by atoms with E-state index in [1.165, 1.54) is 0 Å². The summed E-state index contributed by atoms with van der Waals surface area (Å²) in [5.74, 6) is 0.820. The molecule has 0 spiro atoms. The minimum atomic E-state index is -0.722. The van der Waals surface area contributed by atoms with Gasteiger partial charge in [-0.3, -0.25) is 0 Å². The first kappa shape index (κ1) is 9.68. The highest BCUT2D eigenvalue weighted by atomic mass is 16.5. The molecule has 0 aromatic carbocycles. The average Bonchev–Trinajstić information content (AvgIpc) is 2.60. The zero-order valence-electron chi connectivity index (χ0n) is 8.58. The van der Waals surface area contributed by atoms with E-state index >= 15 is 0 Å². The van der Waals surface area contributed by atoms with Crippen LogP contribution < -0.4 is 5.73 Å². The first-order chi connectivity index (χ1) is 6.51. The van der Waals surface area contributed by atoms with Crippen LogP contribution in [0.5, 0.6) is 0 Å². The van der Waals surface area contributed by atoms with Crippen molar-refractivity contribution in [2.24, 2.45) is 11.1 Å². The van der Waals surface area contributed by atoms with Crippen molar-refractivity contribution in [3.8, 4) is 0 Å². The van der Waals surface area contributed by atoms with Gasteiger partial charge in [-0.25, -0.2) is 0 Å². The number of aliphatic hydroxyl groups excluding tert-OH is 1. The maximum Gasteiger partial charge on any atom is 0.141 e. The monoisotopic (exact) mass is 196 g/mol. The van der Waals surface area contributed by atoms with Gasteiger partial charge in [-0.05, 0) is 11.8 Å². The highest BCUT2D eigenvalue weighted by Crippen LogP contribution is 2.46. The van der Waals surface area contributed by atoms with Crippen molar-refractivity contribution >= 4 is 0 Å². The molecule has 1 atom stereocenters. The van der Waals surface area contributed by atoms with Crippen molar-refractivity contribution in [3.63, 3.8) is 0 Å². The molecule has 4 heteroatoms. The lowest BCUT2D eigenvalue weighted by Crippen LogP contribution is -2.55. The molecule has 3 N–H and O–H groups in total. The smallest absolute Gasteiger partial charge is 0.141 e. The Hall–Kier alpha value is -0.870. The van der Waals surface area contributed by atoms with E-state index in [2.05, 4.69) is 19.0 Å². The van der Waals surface area contributed by atoms with Gasteiger partial charge in [-0.15, -0.1) is 0 Å². The van der Waals surface area contributed by atoms with Crippen LogP contribution in [0, 0.1) is 5.41 Å². The Balaban J connectivity index is 2.55. The van der Waals surface area contributed by atoms with E-state index in [0.29, 0.717) is 0 Å². The Morgan fingerprint density at radius 1 is 1.64 bits per heavy atom. The fourth-order valence-corrected chi connectivity index (χ4v) is 2.12. The van der Waals surface area contributed by atoms with E-state index in [1.54, 1.807) is 6.20 Å². The third-order valence-electron chi connectivity index (χ3n) is 3.56. The second-order valence-corrected chi connectivity index (χ2v) is 4.68. The Morgan fingerprint density at radius 2 is 2.36 bits per heavy atom. The number of aromatic nitrogens is 1. The lowest BCUT2D eigenvalue weighted by Gasteiger charge is -2.45. The number of nitrogens with zero attached hydrogens (tertiary/aromatic N) is 1. The standard InChI is InChI=1S/C10H16N2O2/c1-9(2)4-3-8-7(5-12-14-8)10(9,11)6-13/h5,13H,3-4,6,11H2,1-2H3. The molecule has 0 fully saturated rings. The van der Waals surface area contributed by atoms with Crippen LogP contribution in [0.2, 0.25) is 0 Å². The molecule has 14 heavy (non-hydrogen) atoms. The van der Waals surface area contributed by atoms with Crippen LogP contribution in [-0.4, -0.2) is 16.9 Å². The summed E-state index contributed by atoms with van der Waals surface area (Å²) in [5, 5.41) is 13.2. The molecule has 4 nitrogen and oxygen atoms in total. The summed E-state index contributed by atoms with van der Waals surface area (Å²) in [6.07, 6.45) is 3.39. The molecular formula is C10H16N2O2. The van der Waals surface area contributed by atoms with Crippen LogP contribution in [0.1, 0.15) is 31.6 Å². The quantitative estimate of drug-likeness (QED) is 0.696. The van der Waals surface area contributed by atoms with E-state index in [0.717, 1.165) is 24.2 Å². The Labute approximate surface area is 83.1 Å². The van der Waals surface area contributed by atoms with E-state index in [4.69, 9.17) is 10.3 Å². The third kappa shape index (κ3) is 1.04. The molecule has 1 aromatic heterocycles. The average molecular weight is 196 g/mol. The normalized spacial score (nSPS) is 30.0. The predicted molar refractivity (Wildman–Crippen MR) is 51.6 cm³/mol. The van der Waals surface area contributed by atoms with Crippen molar-refractivity contribution in [2.75, 3.05) is 6.61 Å². The molecule has 0 bridgehead atoms. The summed E-state index contributed by atoms with van der Waals surface area (Å²) in [5.41, 5.74) is 6.25. The predicted octanol–water partition coefficient (Wildman–Crippen LogP) is 0.793. The second-order valence-electron chi connectivity index (χ2n) is 4.68. The largest absolute Gasteiger partial charge is 0.394 e. The molecule has 1 heterocycles. The maximum absolute atomic E-state index is 9.46. The molecule has 1 aromatic rings. The molecule has 1 aliphatic carbocycles. The van der Waals surface area contributed by atoms with Gasteiger partial charge in [-0.2, -0.15) is 0 Å². The molecule has 1 aliphatic rings. The molecule has 0 saturated carbocycles. The number of aryl methyl sites for hydroxylation is 1. The van der Waals surface area contributed by atoms with Crippen LogP contribution in [0.3, 0.4) is 0 Å². The molecule has 78 valence electrons. The molecular weight excluding hydrogens is 180 g/mol. The van der Waals surface area contributed by atoms with Gasteiger partial charge in [0.1, 0.15) is 5.76 Å². The summed E-state index contributed by atoms with van der Waals surface area (Å²) in [4.78, 5) is 0. The van der Waals surface area contributed by atoms with Crippen molar-refractivity contribution in [1.29, 1.82) is 0 Å².